The highest BCUT2D eigenvalue weighted by Gasteiger charge is 2.21. The molecular weight excluding hydrogens is 553 g/mol. The van der Waals surface area contributed by atoms with Gasteiger partial charge in [0.2, 0.25) is 5.91 Å². The molecule has 174 valence electrons. The Labute approximate surface area is 207 Å². The number of nitrogens with one attached hydrogen (secondary N) is 2. The summed E-state index contributed by atoms with van der Waals surface area (Å²) in [5, 5.41) is 2.90. The quantitative estimate of drug-likeness (QED) is 0.260. The molecule has 0 heterocycles. The third kappa shape index (κ3) is 6.84. The second-order valence-electron chi connectivity index (χ2n) is 7.57. The first kappa shape index (κ1) is 24.8. The highest BCUT2D eigenvalue weighted by molar-refractivity contribution is 14.1. The van der Waals surface area contributed by atoms with Crippen LogP contribution in [0.4, 0.5) is 11.4 Å². The third-order valence-electron chi connectivity index (χ3n) is 5.06. The minimum absolute atomic E-state index is 0.0214. The largest absolute Gasteiger partial charge is 0.495 e. The summed E-state index contributed by atoms with van der Waals surface area (Å²) in [5.74, 6) is 0.136. The number of rotatable bonds is 9. The number of sulfonamides is 1. The maximum atomic E-state index is 12.9. The van der Waals surface area contributed by atoms with Gasteiger partial charge in [-0.25, -0.2) is 8.42 Å². The summed E-state index contributed by atoms with van der Waals surface area (Å²) in [6, 6.07) is 17.7. The second kappa shape index (κ2) is 10.9. The van der Waals surface area contributed by atoms with Crippen molar-refractivity contribution in [1.82, 2.24) is 5.32 Å². The van der Waals surface area contributed by atoms with Crippen LogP contribution in [-0.4, -0.2) is 21.4 Å². The number of carbonyl (C=O) groups is 1. The fraction of sp³-hybridized carbons (Fsp3) is 0.208. The van der Waals surface area contributed by atoms with Crippen molar-refractivity contribution in [2.75, 3.05) is 17.6 Å². The normalized spacial score (nSPS) is 11.1. The van der Waals surface area contributed by atoms with Gasteiger partial charge >= 0.3 is 0 Å². The van der Waals surface area contributed by atoms with Gasteiger partial charge < -0.3 is 15.8 Å². The van der Waals surface area contributed by atoms with E-state index in [1.54, 1.807) is 37.3 Å². The molecule has 0 spiro atoms. The average molecular weight is 579 g/mol. The van der Waals surface area contributed by atoms with E-state index in [1.165, 1.54) is 13.2 Å². The Hall–Kier alpha value is -2.79. The molecule has 0 bridgehead atoms. The summed E-state index contributed by atoms with van der Waals surface area (Å²) < 4.78 is 35.0. The zero-order valence-corrected chi connectivity index (χ0v) is 21.4. The minimum atomic E-state index is -3.88. The molecule has 0 aliphatic heterocycles. The van der Waals surface area contributed by atoms with E-state index in [-0.39, 0.29) is 23.0 Å². The summed E-state index contributed by atoms with van der Waals surface area (Å²) >= 11 is 2.23. The highest BCUT2D eigenvalue weighted by Crippen LogP contribution is 2.29. The number of carbonyl (C=O) groups excluding carboxylic acids is 1. The van der Waals surface area contributed by atoms with Crippen LogP contribution in [0.5, 0.6) is 5.75 Å². The van der Waals surface area contributed by atoms with Crippen LogP contribution in [0.2, 0.25) is 0 Å². The summed E-state index contributed by atoms with van der Waals surface area (Å²) in [6.45, 7) is 2.24. The van der Waals surface area contributed by atoms with E-state index in [2.05, 4.69) is 32.6 Å². The van der Waals surface area contributed by atoms with Gasteiger partial charge in [0.25, 0.3) is 10.0 Å². The van der Waals surface area contributed by atoms with Crippen molar-refractivity contribution in [3.05, 3.63) is 80.9 Å². The zero-order chi connectivity index (χ0) is 24.0. The van der Waals surface area contributed by atoms with Crippen LogP contribution in [0.15, 0.2) is 65.6 Å². The third-order valence-corrected chi connectivity index (χ3v) is 7.18. The molecule has 1 amide bonds. The fourth-order valence-electron chi connectivity index (χ4n) is 3.24. The molecule has 0 saturated carbocycles. The van der Waals surface area contributed by atoms with E-state index in [1.807, 2.05) is 24.3 Å². The number of hydrogen-bond donors (Lipinski definition) is 3. The van der Waals surface area contributed by atoms with E-state index in [0.717, 1.165) is 14.7 Å². The van der Waals surface area contributed by atoms with E-state index in [9.17, 15) is 13.2 Å². The first-order valence-corrected chi connectivity index (χ1v) is 12.8. The lowest BCUT2D eigenvalue weighted by atomic mass is 10.1. The topological polar surface area (TPSA) is 111 Å². The Balaban J connectivity index is 1.64. The van der Waals surface area contributed by atoms with Gasteiger partial charge in [0.05, 0.1) is 12.8 Å². The number of nitrogens with two attached hydrogens (primary N) is 1. The Morgan fingerprint density at radius 2 is 1.73 bits per heavy atom. The zero-order valence-electron chi connectivity index (χ0n) is 18.4. The van der Waals surface area contributed by atoms with Crippen LogP contribution >= 0.6 is 22.6 Å². The SMILES string of the molecule is COc1cc(CCC(=O)NCc2ccc(I)cc2)ccc1S(=O)(=O)Nc1ccc(N)cc1C. The summed E-state index contributed by atoms with van der Waals surface area (Å²) in [7, 11) is -2.46. The number of aryl methyl sites for hydroxylation is 2. The van der Waals surface area contributed by atoms with E-state index in [4.69, 9.17) is 10.5 Å². The van der Waals surface area contributed by atoms with Gasteiger partial charge in [-0.2, -0.15) is 0 Å². The lowest BCUT2D eigenvalue weighted by Crippen LogP contribution is -2.23. The Morgan fingerprint density at radius 1 is 1.03 bits per heavy atom. The Morgan fingerprint density at radius 3 is 2.39 bits per heavy atom. The molecule has 3 aromatic rings. The molecule has 33 heavy (non-hydrogen) atoms. The van der Waals surface area contributed by atoms with Gasteiger partial charge in [0.1, 0.15) is 10.6 Å². The van der Waals surface area contributed by atoms with Crippen LogP contribution in [0, 0.1) is 10.5 Å². The first-order valence-electron chi connectivity index (χ1n) is 10.2. The van der Waals surface area contributed by atoms with Crippen molar-refractivity contribution >= 4 is 49.9 Å². The molecule has 0 radical (unpaired) electrons. The smallest absolute Gasteiger partial charge is 0.265 e. The van der Waals surface area contributed by atoms with Crippen molar-refractivity contribution in [3.8, 4) is 5.75 Å². The minimum Gasteiger partial charge on any atom is -0.495 e. The first-order chi connectivity index (χ1) is 15.7. The maximum Gasteiger partial charge on any atom is 0.265 e. The van der Waals surface area contributed by atoms with Crippen molar-refractivity contribution in [1.29, 1.82) is 0 Å². The molecule has 0 saturated heterocycles. The number of ether oxygens (including phenoxy) is 1. The molecule has 4 N–H and O–H groups in total. The summed E-state index contributed by atoms with van der Waals surface area (Å²) in [4.78, 5) is 12.3. The van der Waals surface area contributed by atoms with Gasteiger partial charge in [-0.1, -0.05) is 18.2 Å². The van der Waals surface area contributed by atoms with Crippen molar-refractivity contribution < 1.29 is 17.9 Å². The lowest BCUT2D eigenvalue weighted by molar-refractivity contribution is -0.121. The van der Waals surface area contributed by atoms with Gasteiger partial charge in [-0.15, -0.1) is 0 Å². The van der Waals surface area contributed by atoms with E-state index >= 15 is 0 Å². The standard InChI is InChI=1S/C24H26IN3O4S/c1-16-13-20(26)9-10-21(16)28-33(30,31)23-11-5-17(14-22(23)32-2)6-12-24(29)27-15-18-3-7-19(25)8-4-18/h3-5,7-11,13-14,28H,6,12,15,26H2,1-2H3,(H,27,29). The van der Waals surface area contributed by atoms with E-state index < -0.39 is 10.0 Å². The molecule has 3 aromatic carbocycles. The monoisotopic (exact) mass is 579 g/mol. The maximum absolute atomic E-state index is 12.9. The van der Waals surface area contributed by atoms with Gasteiger partial charge in [0.15, 0.2) is 0 Å². The number of halogens is 1. The molecule has 0 atom stereocenters. The van der Waals surface area contributed by atoms with Crippen LogP contribution in [-0.2, 0) is 27.8 Å². The lowest BCUT2D eigenvalue weighted by Gasteiger charge is -2.14. The van der Waals surface area contributed by atoms with Crippen LogP contribution in [0.1, 0.15) is 23.1 Å². The van der Waals surface area contributed by atoms with Crippen molar-refractivity contribution in [2.45, 2.75) is 31.2 Å². The molecule has 0 fully saturated rings. The number of methoxy groups -OCH3 is 1. The number of amides is 1. The van der Waals surface area contributed by atoms with Crippen molar-refractivity contribution in [2.24, 2.45) is 0 Å². The predicted molar refractivity (Wildman–Crippen MR) is 139 cm³/mol. The average Bonchev–Trinajstić information content (AvgIpc) is 2.79. The van der Waals surface area contributed by atoms with E-state index in [0.29, 0.717) is 29.9 Å². The Kier molecular flexibility index (Phi) is 8.20. The molecule has 0 unspecified atom stereocenters. The molecule has 9 heteroatoms. The van der Waals surface area contributed by atoms with Crippen LogP contribution in [0.25, 0.3) is 0 Å². The number of hydrogen-bond acceptors (Lipinski definition) is 5. The highest BCUT2D eigenvalue weighted by atomic mass is 127. The molecule has 0 aromatic heterocycles. The summed E-state index contributed by atoms with van der Waals surface area (Å²) in [5.41, 5.74) is 9.29. The predicted octanol–water partition coefficient (Wildman–Crippen LogP) is 4.24. The molecular formula is C24H26IN3O4S. The number of anilines is 2. The number of benzene rings is 3. The van der Waals surface area contributed by atoms with Crippen LogP contribution < -0.4 is 20.5 Å². The molecule has 0 aliphatic carbocycles. The Bertz CT molecular complexity index is 1250. The van der Waals surface area contributed by atoms with Gasteiger partial charge in [-0.05, 0) is 95.1 Å². The molecule has 3 rings (SSSR count). The second-order valence-corrected chi connectivity index (χ2v) is 10.5. The van der Waals surface area contributed by atoms with Crippen molar-refractivity contribution in [3.63, 3.8) is 0 Å². The molecule has 7 nitrogen and oxygen atoms in total. The molecule has 0 aliphatic rings. The fourth-order valence-corrected chi connectivity index (χ4v) is 4.88. The summed E-state index contributed by atoms with van der Waals surface area (Å²) in [6.07, 6.45) is 0.738. The van der Waals surface area contributed by atoms with Gasteiger partial charge in [0, 0.05) is 22.2 Å². The van der Waals surface area contributed by atoms with Crippen LogP contribution in [0.3, 0.4) is 0 Å². The number of nitrogen functional groups attached to an aromatic ring is 1. The van der Waals surface area contributed by atoms with Gasteiger partial charge in [-0.3, -0.25) is 9.52 Å².